The minimum Gasteiger partial charge on any atom is -0.490 e. The SMILES string of the molecule is CS(=O)(=O)c1ccc(OC2CC(F)(F)C2)c2c1C1(CC2)OCCO1. The van der Waals surface area contributed by atoms with Crippen LogP contribution in [-0.4, -0.2) is 39.9 Å². The molecule has 4 rings (SSSR count). The highest BCUT2D eigenvalue weighted by molar-refractivity contribution is 7.90. The normalized spacial score (nSPS) is 24.8. The van der Waals surface area contributed by atoms with E-state index in [1.54, 1.807) is 6.07 Å². The van der Waals surface area contributed by atoms with Crippen molar-refractivity contribution in [2.45, 2.75) is 48.4 Å². The maximum Gasteiger partial charge on any atom is 0.255 e. The van der Waals surface area contributed by atoms with Gasteiger partial charge in [0.25, 0.3) is 5.92 Å². The molecule has 24 heavy (non-hydrogen) atoms. The molecule has 1 saturated heterocycles. The summed E-state index contributed by atoms with van der Waals surface area (Å²) in [5.74, 6) is -3.27. The van der Waals surface area contributed by atoms with Crippen molar-refractivity contribution in [2.75, 3.05) is 19.5 Å². The van der Waals surface area contributed by atoms with Crippen molar-refractivity contribution in [1.82, 2.24) is 0 Å². The van der Waals surface area contributed by atoms with Crippen molar-refractivity contribution < 1.29 is 31.4 Å². The lowest BCUT2D eigenvalue weighted by molar-refractivity contribution is -0.164. The topological polar surface area (TPSA) is 61.8 Å². The maximum absolute atomic E-state index is 13.0. The molecule has 0 bridgehead atoms. The van der Waals surface area contributed by atoms with Crippen LogP contribution >= 0.6 is 0 Å². The first-order valence-electron chi connectivity index (χ1n) is 7.89. The quantitative estimate of drug-likeness (QED) is 0.828. The first-order chi connectivity index (χ1) is 11.2. The standard InChI is InChI=1S/C16H18F2O5S/c1-24(19,20)13-3-2-12(23-10-8-15(17,18)9-10)11-4-5-16(14(11)13)21-6-7-22-16/h2-3,10H,4-9H2,1H3. The highest BCUT2D eigenvalue weighted by Crippen LogP contribution is 2.50. The number of hydrogen-bond acceptors (Lipinski definition) is 5. The second kappa shape index (κ2) is 5.12. The summed E-state index contributed by atoms with van der Waals surface area (Å²) in [6.45, 7) is 0.783. The van der Waals surface area contributed by atoms with Gasteiger partial charge in [0, 0.05) is 36.6 Å². The van der Waals surface area contributed by atoms with Gasteiger partial charge in [0.1, 0.15) is 11.9 Å². The van der Waals surface area contributed by atoms with Crippen molar-refractivity contribution in [2.24, 2.45) is 0 Å². The Morgan fingerprint density at radius 2 is 1.88 bits per heavy atom. The molecule has 2 fully saturated rings. The summed E-state index contributed by atoms with van der Waals surface area (Å²) in [5, 5.41) is 0. The highest BCUT2D eigenvalue weighted by Gasteiger charge is 2.50. The Labute approximate surface area is 138 Å². The molecular formula is C16H18F2O5S. The molecule has 0 N–H and O–H groups in total. The Bertz CT molecular complexity index is 776. The molecule has 1 aromatic rings. The fraction of sp³-hybridized carbons (Fsp3) is 0.625. The lowest BCUT2D eigenvalue weighted by Crippen LogP contribution is -2.43. The van der Waals surface area contributed by atoms with E-state index in [1.165, 1.54) is 6.07 Å². The van der Waals surface area contributed by atoms with Crippen molar-refractivity contribution >= 4 is 9.84 Å². The Morgan fingerprint density at radius 3 is 2.46 bits per heavy atom. The average Bonchev–Trinajstić information content (AvgIpc) is 3.06. The van der Waals surface area contributed by atoms with Crippen LogP contribution in [0.1, 0.15) is 30.4 Å². The number of halogens is 2. The lowest BCUT2D eigenvalue weighted by Gasteiger charge is -2.35. The van der Waals surface area contributed by atoms with Gasteiger partial charge in [-0.15, -0.1) is 0 Å². The van der Waals surface area contributed by atoms with Crippen LogP contribution < -0.4 is 4.74 Å². The van der Waals surface area contributed by atoms with Crippen LogP contribution in [0.15, 0.2) is 17.0 Å². The lowest BCUT2D eigenvalue weighted by atomic mass is 9.91. The van der Waals surface area contributed by atoms with Gasteiger partial charge >= 0.3 is 0 Å². The van der Waals surface area contributed by atoms with Gasteiger partial charge in [0.2, 0.25) is 0 Å². The van der Waals surface area contributed by atoms with Gasteiger partial charge in [-0.3, -0.25) is 0 Å². The fourth-order valence-corrected chi connectivity index (χ4v) is 4.68. The number of benzene rings is 1. The monoisotopic (exact) mass is 360 g/mol. The van der Waals surface area contributed by atoms with Crippen LogP contribution in [0, 0.1) is 0 Å². The summed E-state index contributed by atoms with van der Waals surface area (Å²) in [7, 11) is -3.48. The molecule has 0 amide bonds. The fourth-order valence-electron chi connectivity index (χ4n) is 3.72. The van der Waals surface area contributed by atoms with Crippen LogP contribution in [-0.2, 0) is 31.5 Å². The second-order valence-corrected chi connectivity index (χ2v) is 8.63. The second-order valence-electron chi connectivity index (χ2n) is 6.64. The van der Waals surface area contributed by atoms with Gasteiger partial charge in [-0.25, -0.2) is 17.2 Å². The largest absolute Gasteiger partial charge is 0.490 e. The highest BCUT2D eigenvalue weighted by atomic mass is 32.2. The van der Waals surface area contributed by atoms with Gasteiger partial charge in [-0.2, -0.15) is 0 Å². The van der Waals surface area contributed by atoms with Gasteiger partial charge < -0.3 is 14.2 Å². The summed E-state index contributed by atoms with van der Waals surface area (Å²) in [6, 6.07) is 3.01. The Kier molecular flexibility index (Phi) is 3.47. The van der Waals surface area contributed by atoms with E-state index in [-0.39, 0.29) is 17.7 Å². The molecule has 3 aliphatic rings. The van der Waals surface area contributed by atoms with Crippen molar-refractivity contribution in [3.8, 4) is 5.75 Å². The minimum atomic E-state index is -3.48. The van der Waals surface area contributed by atoms with Crippen molar-refractivity contribution in [1.29, 1.82) is 0 Å². The summed E-state index contributed by atoms with van der Waals surface area (Å²) in [5.41, 5.74) is 1.17. The zero-order valence-electron chi connectivity index (χ0n) is 13.2. The van der Waals surface area contributed by atoms with E-state index in [0.717, 1.165) is 6.26 Å². The summed E-state index contributed by atoms with van der Waals surface area (Å²) >= 11 is 0. The molecule has 0 atom stereocenters. The maximum atomic E-state index is 13.0. The van der Waals surface area contributed by atoms with E-state index in [0.29, 0.717) is 42.9 Å². The molecular weight excluding hydrogens is 342 g/mol. The molecule has 1 saturated carbocycles. The van der Waals surface area contributed by atoms with Crippen LogP contribution in [0.25, 0.3) is 0 Å². The van der Waals surface area contributed by atoms with E-state index in [1.807, 2.05) is 0 Å². The Hall–Kier alpha value is -1.25. The number of fused-ring (bicyclic) bond motifs is 2. The van der Waals surface area contributed by atoms with Gasteiger partial charge in [0.15, 0.2) is 15.6 Å². The third-order valence-corrected chi connectivity index (χ3v) is 5.96. The zero-order valence-corrected chi connectivity index (χ0v) is 14.0. The predicted molar refractivity (Wildman–Crippen MR) is 80.1 cm³/mol. The molecule has 0 radical (unpaired) electrons. The molecule has 5 nitrogen and oxygen atoms in total. The number of hydrogen-bond donors (Lipinski definition) is 0. The van der Waals surface area contributed by atoms with Crippen LogP contribution in [0.2, 0.25) is 0 Å². The zero-order chi connectivity index (χ0) is 17.2. The molecule has 2 aliphatic carbocycles. The molecule has 0 aromatic heterocycles. The van der Waals surface area contributed by atoms with Gasteiger partial charge in [-0.05, 0) is 18.6 Å². The molecule has 1 aliphatic heterocycles. The molecule has 1 spiro atoms. The summed E-state index contributed by atoms with van der Waals surface area (Å²) < 4.78 is 67.6. The van der Waals surface area contributed by atoms with E-state index < -0.39 is 27.7 Å². The van der Waals surface area contributed by atoms with E-state index in [4.69, 9.17) is 14.2 Å². The van der Waals surface area contributed by atoms with E-state index in [2.05, 4.69) is 0 Å². The predicted octanol–water partition coefficient (Wildman–Crippen LogP) is 2.41. The van der Waals surface area contributed by atoms with Crippen molar-refractivity contribution in [3.63, 3.8) is 0 Å². The smallest absolute Gasteiger partial charge is 0.255 e. The first kappa shape index (κ1) is 16.2. The molecule has 1 aromatic carbocycles. The molecule has 132 valence electrons. The Balaban J connectivity index is 1.75. The number of alkyl halides is 2. The van der Waals surface area contributed by atoms with Gasteiger partial charge in [-0.1, -0.05) is 0 Å². The van der Waals surface area contributed by atoms with Gasteiger partial charge in [0.05, 0.1) is 18.1 Å². The van der Waals surface area contributed by atoms with Crippen LogP contribution in [0.5, 0.6) is 5.75 Å². The molecule has 0 unspecified atom stereocenters. The van der Waals surface area contributed by atoms with E-state index >= 15 is 0 Å². The third-order valence-electron chi connectivity index (χ3n) is 4.82. The first-order valence-corrected chi connectivity index (χ1v) is 9.78. The summed E-state index contributed by atoms with van der Waals surface area (Å²) in [4.78, 5) is 0.156. The van der Waals surface area contributed by atoms with E-state index in [9.17, 15) is 17.2 Å². The minimum absolute atomic E-state index is 0.156. The average molecular weight is 360 g/mol. The number of ether oxygens (including phenoxy) is 3. The van der Waals surface area contributed by atoms with Crippen molar-refractivity contribution in [3.05, 3.63) is 23.3 Å². The number of sulfone groups is 1. The number of rotatable bonds is 3. The van der Waals surface area contributed by atoms with Crippen LogP contribution in [0.4, 0.5) is 8.78 Å². The molecule has 1 heterocycles. The van der Waals surface area contributed by atoms with Crippen LogP contribution in [0.3, 0.4) is 0 Å². The Morgan fingerprint density at radius 1 is 1.21 bits per heavy atom. The molecule has 8 heteroatoms. The third kappa shape index (κ3) is 2.51. The summed E-state index contributed by atoms with van der Waals surface area (Å²) in [6.07, 6.45) is 0.983.